The number of aromatic amines is 1. The smallest absolute Gasteiger partial charge is 0.228 e. The third kappa shape index (κ3) is 4.67. The minimum absolute atomic E-state index is 0.0307. The van der Waals surface area contributed by atoms with E-state index in [4.69, 9.17) is 4.99 Å². The summed E-state index contributed by atoms with van der Waals surface area (Å²) in [6, 6.07) is 6.96. The number of fused-ring (bicyclic) bond motifs is 1. The van der Waals surface area contributed by atoms with E-state index in [1.807, 2.05) is 13.0 Å². The van der Waals surface area contributed by atoms with Crippen molar-refractivity contribution in [2.24, 2.45) is 10.9 Å². The first-order valence-electron chi connectivity index (χ1n) is 11.0. The van der Waals surface area contributed by atoms with Gasteiger partial charge in [0, 0.05) is 29.6 Å². The van der Waals surface area contributed by atoms with Gasteiger partial charge in [-0.3, -0.25) is 9.79 Å². The first-order chi connectivity index (χ1) is 16.0. The van der Waals surface area contributed by atoms with E-state index in [1.54, 1.807) is 30.0 Å². The Morgan fingerprint density at radius 2 is 1.94 bits per heavy atom. The molecular weight excluding hydrogens is 472 g/mol. The number of thioether (sulfide) groups is 1. The van der Waals surface area contributed by atoms with Crippen molar-refractivity contribution in [3.05, 3.63) is 35.7 Å². The lowest BCUT2D eigenvalue weighted by molar-refractivity contribution is -0.117. The monoisotopic (exact) mass is 498 g/mol. The van der Waals surface area contributed by atoms with Crippen LogP contribution < -0.4 is 10.6 Å². The van der Waals surface area contributed by atoms with Crippen molar-refractivity contribution in [1.82, 2.24) is 15.0 Å². The molecule has 5 rings (SSSR count). The number of hydrogen-bond acceptors (Lipinski definition) is 8. The number of aromatic nitrogens is 3. The van der Waals surface area contributed by atoms with E-state index >= 15 is 0 Å². The van der Waals surface area contributed by atoms with Crippen molar-refractivity contribution in [3.8, 4) is 0 Å². The van der Waals surface area contributed by atoms with Crippen LogP contribution in [0.15, 0.2) is 34.2 Å². The minimum atomic E-state index is -3.55. The van der Waals surface area contributed by atoms with E-state index in [2.05, 4.69) is 39.4 Å². The molecule has 1 aliphatic heterocycles. The Bertz CT molecular complexity index is 1450. The number of nitrogens with one attached hydrogen (secondary N) is 3. The summed E-state index contributed by atoms with van der Waals surface area (Å²) in [5.74, 6) is 1.86. The fraction of sp³-hybridized carbons (Fsp3) is 0.391. The molecule has 178 valence electrons. The number of carbonyl (C=O) groups excluding carboxylic acids is 1. The summed E-state index contributed by atoms with van der Waals surface area (Å²) < 4.78 is 25.4. The number of imidazole rings is 1. The number of nitrogens with zero attached hydrogens (tertiary/aromatic N) is 3. The average molecular weight is 499 g/mol. The van der Waals surface area contributed by atoms with Gasteiger partial charge in [-0.1, -0.05) is 6.07 Å². The molecule has 11 heteroatoms. The van der Waals surface area contributed by atoms with Crippen LogP contribution >= 0.6 is 11.8 Å². The number of aliphatic imine (C=N–C) groups is 1. The molecule has 0 saturated heterocycles. The lowest BCUT2D eigenvalue weighted by Gasteiger charge is -2.14. The Hall–Kier alpha value is -2.92. The highest BCUT2D eigenvalue weighted by molar-refractivity contribution is 8.14. The largest absolute Gasteiger partial charge is 0.352 e. The van der Waals surface area contributed by atoms with Crippen LogP contribution in [0.25, 0.3) is 11.2 Å². The van der Waals surface area contributed by atoms with Crippen molar-refractivity contribution in [2.45, 2.75) is 44.0 Å². The second-order valence-electron chi connectivity index (χ2n) is 9.46. The molecule has 0 atom stereocenters. The van der Waals surface area contributed by atoms with Gasteiger partial charge in [-0.25, -0.2) is 18.4 Å². The number of benzene rings is 1. The molecule has 0 bridgehead atoms. The Balaban J connectivity index is 1.55. The molecule has 9 nitrogen and oxygen atoms in total. The Kier molecular flexibility index (Phi) is 5.44. The Labute approximate surface area is 202 Å². The van der Waals surface area contributed by atoms with Crippen LogP contribution in [-0.4, -0.2) is 51.9 Å². The van der Waals surface area contributed by atoms with E-state index < -0.39 is 9.84 Å². The molecule has 2 aliphatic rings. The summed E-state index contributed by atoms with van der Waals surface area (Å²) in [5.41, 5.74) is 2.63. The maximum absolute atomic E-state index is 12.7. The zero-order valence-electron chi connectivity index (χ0n) is 19.4. The predicted octanol–water partition coefficient (Wildman–Crippen LogP) is 4.03. The number of anilines is 3. The highest BCUT2D eigenvalue weighted by Crippen LogP contribution is 2.35. The van der Waals surface area contributed by atoms with Gasteiger partial charge in [0.2, 0.25) is 5.91 Å². The maximum Gasteiger partial charge on any atom is 0.228 e. The first kappa shape index (κ1) is 22.9. The average Bonchev–Trinajstić information content (AvgIpc) is 3.44. The molecule has 2 aromatic heterocycles. The molecule has 34 heavy (non-hydrogen) atoms. The van der Waals surface area contributed by atoms with E-state index in [9.17, 15) is 13.2 Å². The lowest BCUT2D eigenvalue weighted by atomic mass is 10.1. The maximum atomic E-state index is 12.7. The van der Waals surface area contributed by atoms with Crippen LogP contribution in [0.1, 0.15) is 38.1 Å². The van der Waals surface area contributed by atoms with Crippen molar-refractivity contribution in [1.29, 1.82) is 0 Å². The van der Waals surface area contributed by atoms with Crippen LogP contribution in [0.2, 0.25) is 0 Å². The molecule has 3 heterocycles. The Morgan fingerprint density at radius 3 is 2.59 bits per heavy atom. The SMILES string of the molecule is Cc1nc2c(Nc3ccc(C4=NC(C)(C)CS4)cc3S(C)(=O)=O)cc(NC(=O)C3CC3)nc2[nH]1. The minimum Gasteiger partial charge on any atom is -0.352 e. The number of amides is 1. The molecule has 1 aliphatic carbocycles. The highest BCUT2D eigenvalue weighted by atomic mass is 32.2. The highest BCUT2D eigenvalue weighted by Gasteiger charge is 2.30. The number of rotatable bonds is 6. The normalized spacial score (nSPS) is 17.6. The van der Waals surface area contributed by atoms with E-state index in [-0.39, 0.29) is 22.3 Å². The predicted molar refractivity (Wildman–Crippen MR) is 136 cm³/mol. The van der Waals surface area contributed by atoms with Crippen molar-refractivity contribution in [2.75, 3.05) is 22.6 Å². The van der Waals surface area contributed by atoms with E-state index in [1.165, 1.54) is 6.26 Å². The van der Waals surface area contributed by atoms with Gasteiger partial charge in [-0.2, -0.15) is 0 Å². The van der Waals surface area contributed by atoms with Crippen LogP contribution in [0.3, 0.4) is 0 Å². The van der Waals surface area contributed by atoms with Gasteiger partial charge in [0.1, 0.15) is 17.2 Å². The molecule has 0 radical (unpaired) electrons. The summed E-state index contributed by atoms with van der Waals surface area (Å²) >= 11 is 1.62. The quantitative estimate of drug-likeness (QED) is 0.468. The van der Waals surface area contributed by atoms with Crippen LogP contribution in [0, 0.1) is 12.8 Å². The number of hydrogen-bond donors (Lipinski definition) is 3. The summed E-state index contributed by atoms with van der Waals surface area (Å²) in [6.45, 7) is 5.92. The first-order valence-corrected chi connectivity index (χ1v) is 13.9. The van der Waals surface area contributed by atoms with Gasteiger partial charge >= 0.3 is 0 Å². The lowest BCUT2D eigenvalue weighted by Crippen LogP contribution is -2.15. The zero-order chi connectivity index (χ0) is 24.3. The summed E-state index contributed by atoms with van der Waals surface area (Å²) in [4.78, 5) is 29.3. The van der Waals surface area contributed by atoms with Gasteiger partial charge in [0.25, 0.3) is 0 Å². The number of carbonyl (C=O) groups is 1. The fourth-order valence-electron chi connectivity index (χ4n) is 3.78. The second kappa shape index (κ2) is 8.09. The summed E-state index contributed by atoms with van der Waals surface area (Å²) in [5, 5.41) is 6.92. The van der Waals surface area contributed by atoms with E-state index in [0.717, 1.165) is 29.2 Å². The number of aryl methyl sites for hydroxylation is 1. The molecule has 0 unspecified atom stereocenters. The van der Waals surface area contributed by atoms with Crippen molar-refractivity contribution in [3.63, 3.8) is 0 Å². The number of pyridine rings is 1. The van der Waals surface area contributed by atoms with E-state index in [0.29, 0.717) is 34.2 Å². The molecule has 3 N–H and O–H groups in total. The van der Waals surface area contributed by atoms with Crippen LogP contribution in [-0.2, 0) is 14.6 Å². The molecule has 1 saturated carbocycles. The van der Waals surface area contributed by atoms with Crippen molar-refractivity contribution >= 4 is 60.9 Å². The van der Waals surface area contributed by atoms with Crippen LogP contribution in [0.4, 0.5) is 17.2 Å². The second-order valence-corrected chi connectivity index (χ2v) is 12.4. The molecule has 1 amide bonds. The van der Waals surface area contributed by atoms with Crippen molar-refractivity contribution < 1.29 is 13.2 Å². The topological polar surface area (TPSA) is 129 Å². The van der Waals surface area contributed by atoms with Gasteiger partial charge in [-0.15, -0.1) is 11.8 Å². The Morgan fingerprint density at radius 1 is 1.18 bits per heavy atom. The fourth-order valence-corrected chi connectivity index (χ4v) is 5.80. The molecule has 0 spiro atoms. The third-order valence-corrected chi connectivity index (χ3v) is 8.22. The number of H-pyrrole nitrogens is 1. The zero-order valence-corrected chi connectivity index (χ0v) is 21.0. The summed E-state index contributed by atoms with van der Waals surface area (Å²) in [6.07, 6.45) is 2.95. The molecule has 3 aromatic rings. The number of sulfone groups is 1. The van der Waals surface area contributed by atoms with Gasteiger partial charge < -0.3 is 15.6 Å². The molecule has 1 fully saturated rings. The third-order valence-electron chi connectivity index (χ3n) is 5.63. The van der Waals surface area contributed by atoms with Crippen LogP contribution in [0.5, 0.6) is 0 Å². The van der Waals surface area contributed by atoms with Gasteiger partial charge in [0.05, 0.1) is 26.9 Å². The summed E-state index contributed by atoms with van der Waals surface area (Å²) in [7, 11) is -3.55. The molecule has 1 aromatic carbocycles. The van der Waals surface area contributed by atoms with Gasteiger partial charge in [-0.05, 0) is 45.7 Å². The molecular formula is C23H26N6O3S2. The van der Waals surface area contributed by atoms with Gasteiger partial charge in [0.15, 0.2) is 15.5 Å². The standard InChI is InChI=1S/C23H26N6O3S2/c1-12-24-19-16(10-18(27-20(19)25-12)28-21(30)13-5-6-13)26-15-8-7-14(9-17(15)34(4,31)32)22-29-23(2,3)11-33-22/h7-10,13H,5-6,11H2,1-4H3,(H3,24,25,26,27,28,30).